The summed E-state index contributed by atoms with van der Waals surface area (Å²) >= 11 is 6.11. The second-order valence-corrected chi connectivity index (χ2v) is 16.0. The van der Waals surface area contributed by atoms with Crippen LogP contribution in [0.2, 0.25) is 5.02 Å². The highest BCUT2D eigenvalue weighted by atomic mass is 35.5. The van der Waals surface area contributed by atoms with E-state index in [-0.39, 0.29) is 61.4 Å². The van der Waals surface area contributed by atoms with Crippen LogP contribution in [-0.4, -0.2) is 86.9 Å². The van der Waals surface area contributed by atoms with E-state index in [9.17, 15) is 22.8 Å². The Kier molecular flexibility index (Phi) is 11.7. The van der Waals surface area contributed by atoms with E-state index in [1.807, 2.05) is 37.4 Å². The molecule has 3 aromatic rings. The predicted octanol–water partition coefficient (Wildman–Crippen LogP) is 4.07. The van der Waals surface area contributed by atoms with E-state index in [1.165, 1.54) is 18.6 Å². The summed E-state index contributed by atoms with van der Waals surface area (Å²) in [6.07, 6.45) is 6.08. The second kappa shape index (κ2) is 16.1. The van der Waals surface area contributed by atoms with Gasteiger partial charge in [0.05, 0.1) is 11.6 Å². The molecule has 0 radical (unpaired) electrons. The quantitative estimate of drug-likeness (QED) is 0.256. The maximum atomic E-state index is 14.3. The first-order valence-corrected chi connectivity index (χ1v) is 19.6. The number of sulfonamides is 1. The fraction of sp³-hybridized carbons (Fsp3) is 0.447. The van der Waals surface area contributed by atoms with Crippen LogP contribution in [0.4, 0.5) is 5.69 Å². The summed E-state index contributed by atoms with van der Waals surface area (Å²) in [6.45, 7) is 1.32. The normalized spacial score (nSPS) is 18.6. The van der Waals surface area contributed by atoms with E-state index in [0.717, 1.165) is 42.5 Å². The zero-order valence-corrected chi connectivity index (χ0v) is 30.6. The number of hydrogen-bond acceptors (Lipinski definition) is 7. The van der Waals surface area contributed by atoms with Gasteiger partial charge in [-0.05, 0) is 86.7 Å². The smallest absolute Gasteiger partial charge is 0.250 e. The van der Waals surface area contributed by atoms with Crippen molar-refractivity contribution in [1.82, 2.24) is 25.2 Å². The lowest BCUT2D eigenvalue weighted by Gasteiger charge is -2.44. The maximum absolute atomic E-state index is 14.3. The number of hydrogen-bond donors (Lipinski definition) is 3. The largest absolute Gasteiger partial charge is 0.352 e. The highest BCUT2D eigenvalue weighted by Gasteiger charge is 2.54. The van der Waals surface area contributed by atoms with Crippen molar-refractivity contribution >= 4 is 45.0 Å². The number of halogens is 1. The van der Waals surface area contributed by atoms with Gasteiger partial charge in [-0.1, -0.05) is 73.3 Å². The molecule has 11 nitrogen and oxygen atoms in total. The third kappa shape index (κ3) is 8.57. The van der Waals surface area contributed by atoms with Gasteiger partial charge in [0.25, 0.3) is 5.91 Å². The lowest BCUT2D eigenvalue weighted by atomic mass is 9.85. The number of likely N-dealkylation sites (tertiary alicyclic amines) is 1. The summed E-state index contributed by atoms with van der Waals surface area (Å²) < 4.78 is 30.0. The maximum Gasteiger partial charge on any atom is 0.250 e. The van der Waals surface area contributed by atoms with Crippen LogP contribution in [-0.2, 0) is 37.4 Å². The van der Waals surface area contributed by atoms with E-state index < -0.39 is 21.6 Å². The number of para-hydroxylation sites is 1. The molecule has 1 saturated carbocycles. The molecule has 51 heavy (non-hydrogen) atoms. The molecule has 2 aliphatic heterocycles. The molecule has 3 N–H and O–H groups in total. The molecular weight excluding hydrogens is 688 g/mol. The van der Waals surface area contributed by atoms with Gasteiger partial charge in [-0.2, -0.15) is 4.72 Å². The first kappa shape index (κ1) is 36.8. The van der Waals surface area contributed by atoms with Crippen LogP contribution in [0.15, 0.2) is 83.8 Å². The summed E-state index contributed by atoms with van der Waals surface area (Å²) in [7, 11) is -2.24. The Hall–Kier alpha value is -3.97. The number of nitrogens with zero attached hydrogens (tertiary/aromatic N) is 3. The monoisotopic (exact) mass is 734 g/mol. The topological polar surface area (TPSA) is 131 Å². The van der Waals surface area contributed by atoms with Gasteiger partial charge < -0.3 is 25.3 Å². The molecular formula is C38H47ClN6O5S. The number of nitrogens with one attached hydrogen (secondary N) is 3. The summed E-state index contributed by atoms with van der Waals surface area (Å²) in [5.74, 6) is -0.644. The second-order valence-electron chi connectivity index (χ2n) is 13.8. The first-order chi connectivity index (χ1) is 24.6. The van der Waals surface area contributed by atoms with E-state index in [0.29, 0.717) is 24.4 Å². The van der Waals surface area contributed by atoms with Crippen LogP contribution >= 0.6 is 11.6 Å². The predicted molar refractivity (Wildman–Crippen MR) is 198 cm³/mol. The van der Waals surface area contributed by atoms with Crippen molar-refractivity contribution in [3.05, 3.63) is 95.0 Å². The van der Waals surface area contributed by atoms with Gasteiger partial charge in [-0.25, -0.2) is 8.42 Å². The molecule has 2 heterocycles. The van der Waals surface area contributed by atoms with Crippen LogP contribution in [0.3, 0.4) is 0 Å². The Bertz CT molecular complexity index is 1780. The molecule has 13 heteroatoms. The molecule has 1 aliphatic carbocycles. The molecule has 3 amide bonds. The summed E-state index contributed by atoms with van der Waals surface area (Å²) in [4.78, 5) is 47.1. The molecule has 3 fully saturated rings. The SMILES string of the molecule is CNCc1ccc(S(=O)(=O)N[C@H](Cc2ccc(Cl)cc2)C(=O)N2CCC3(CC2)C(=O)N(CC(=O)NC2CCCCC2)CN3c2ccccc2)cc1. The minimum absolute atomic E-state index is 0.0239. The van der Waals surface area contributed by atoms with Crippen molar-refractivity contribution in [1.29, 1.82) is 0 Å². The molecule has 6 rings (SSSR count). The van der Waals surface area contributed by atoms with E-state index in [1.54, 1.807) is 46.2 Å². The average Bonchev–Trinajstić information content (AvgIpc) is 3.39. The Labute approximate surface area is 305 Å². The molecule has 272 valence electrons. The van der Waals surface area contributed by atoms with E-state index in [4.69, 9.17) is 11.6 Å². The third-order valence-corrected chi connectivity index (χ3v) is 12.1. The molecule has 1 spiro atoms. The van der Waals surface area contributed by atoms with Crippen LogP contribution in [0.25, 0.3) is 0 Å². The standard InChI is InChI=1S/C38H47ClN6O5S/c1-40-25-29-14-18-33(19-15-29)51(49,50)42-34(24-28-12-16-30(39)17-13-28)36(47)43-22-20-38(21-23-43)37(48)44(27-45(38)32-10-6-3-7-11-32)26-35(46)41-31-8-4-2-5-9-31/h3,6-7,10-19,31,34,40,42H,2,4-5,8-9,20-27H2,1H3,(H,41,46)/t34-/m1/s1. The average molecular weight is 735 g/mol. The van der Waals surface area contributed by atoms with Gasteiger partial charge in [-0.15, -0.1) is 0 Å². The van der Waals surface area contributed by atoms with Gasteiger partial charge >= 0.3 is 0 Å². The summed E-state index contributed by atoms with van der Waals surface area (Å²) in [5.41, 5.74) is 1.61. The highest BCUT2D eigenvalue weighted by Crippen LogP contribution is 2.39. The molecule has 0 aromatic heterocycles. The number of piperidine rings is 1. The summed E-state index contributed by atoms with van der Waals surface area (Å²) in [5, 5.41) is 6.72. The number of benzene rings is 3. The fourth-order valence-corrected chi connectivity index (χ4v) is 8.93. The number of amides is 3. The zero-order valence-electron chi connectivity index (χ0n) is 29.0. The van der Waals surface area contributed by atoms with Gasteiger partial charge in [-0.3, -0.25) is 14.4 Å². The van der Waals surface area contributed by atoms with Crippen LogP contribution < -0.4 is 20.3 Å². The lowest BCUT2D eigenvalue weighted by Crippen LogP contribution is -2.59. The molecule has 0 unspecified atom stereocenters. The third-order valence-electron chi connectivity index (χ3n) is 10.4. The van der Waals surface area contributed by atoms with Crippen LogP contribution in [0, 0.1) is 0 Å². The van der Waals surface area contributed by atoms with Gasteiger partial charge in [0.1, 0.15) is 18.1 Å². The Balaban J connectivity index is 1.20. The van der Waals surface area contributed by atoms with Crippen LogP contribution in [0.5, 0.6) is 0 Å². The summed E-state index contributed by atoms with van der Waals surface area (Å²) in [6, 6.07) is 22.3. The molecule has 2 saturated heterocycles. The molecule has 1 atom stereocenters. The van der Waals surface area contributed by atoms with Gasteiger partial charge in [0.2, 0.25) is 21.8 Å². The number of carbonyl (C=O) groups is 3. The molecule has 3 aromatic carbocycles. The number of rotatable bonds is 12. The zero-order chi connectivity index (χ0) is 36.0. The van der Waals surface area contributed by atoms with E-state index in [2.05, 4.69) is 20.3 Å². The van der Waals surface area contributed by atoms with Crippen molar-refractivity contribution < 1.29 is 22.8 Å². The van der Waals surface area contributed by atoms with Crippen molar-refractivity contribution in [2.75, 3.05) is 38.3 Å². The van der Waals surface area contributed by atoms with Gasteiger partial charge in [0.15, 0.2) is 0 Å². The van der Waals surface area contributed by atoms with Crippen molar-refractivity contribution in [3.63, 3.8) is 0 Å². The van der Waals surface area contributed by atoms with Crippen molar-refractivity contribution in [2.45, 2.75) is 80.4 Å². The minimum atomic E-state index is -4.06. The molecule has 0 bridgehead atoms. The highest BCUT2D eigenvalue weighted by molar-refractivity contribution is 7.89. The Morgan fingerprint density at radius 3 is 2.20 bits per heavy atom. The number of carbonyl (C=O) groups excluding carboxylic acids is 3. The van der Waals surface area contributed by atoms with E-state index >= 15 is 0 Å². The first-order valence-electron chi connectivity index (χ1n) is 17.8. The number of anilines is 1. The van der Waals surface area contributed by atoms with Gasteiger partial charge in [0, 0.05) is 36.4 Å². The molecule has 3 aliphatic rings. The Morgan fingerprint density at radius 1 is 0.902 bits per heavy atom. The van der Waals surface area contributed by atoms with Crippen LogP contribution in [0.1, 0.15) is 56.1 Å². The lowest BCUT2D eigenvalue weighted by molar-refractivity contribution is -0.140. The minimum Gasteiger partial charge on any atom is -0.352 e. The fourth-order valence-electron chi connectivity index (χ4n) is 7.61. The van der Waals surface area contributed by atoms with Crippen molar-refractivity contribution in [3.8, 4) is 0 Å². The van der Waals surface area contributed by atoms with Crippen molar-refractivity contribution in [2.24, 2.45) is 0 Å². The Morgan fingerprint density at radius 2 is 1.55 bits per heavy atom.